The van der Waals surface area contributed by atoms with Gasteiger partial charge < -0.3 is 16.0 Å². The molecule has 2 heterocycles. The first-order valence-electron chi connectivity index (χ1n) is 11.9. The summed E-state index contributed by atoms with van der Waals surface area (Å²) < 4.78 is 14.0. The van der Waals surface area contributed by atoms with Crippen LogP contribution in [-0.2, 0) is 14.4 Å². The van der Waals surface area contributed by atoms with Crippen molar-refractivity contribution >= 4 is 50.5 Å². The molecule has 7 nitrogen and oxygen atoms in total. The number of nitrogens with zero attached hydrogens (tertiary/aromatic N) is 1. The summed E-state index contributed by atoms with van der Waals surface area (Å²) in [7, 11) is 0. The van der Waals surface area contributed by atoms with Crippen LogP contribution in [0.25, 0.3) is 0 Å². The molecule has 1 aromatic rings. The SMILES string of the molecule is C=C(N)NCCC[C@H](CC(=O)[C@@H]1CCCN1C(=O)[C@@H](CC(=O)c1ccc(Br)s1)C(C)C)C(=O)CF. The van der Waals surface area contributed by atoms with E-state index in [0.717, 1.165) is 3.79 Å². The van der Waals surface area contributed by atoms with E-state index in [2.05, 4.69) is 27.8 Å². The number of rotatable bonds is 15. The Hall–Kier alpha value is -2.07. The van der Waals surface area contributed by atoms with Gasteiger partial charge in [0, 0.05) is 37.8 Å². The molecule has 1 fully saturated rings. The molecule has 0 saturated carbocycles. The van der Waals surface area contributed by atoms with Crippen molar-refractivity contribution in [2.75, 3.05) is 19.8 Å². The van der Waals surface area contributed by atoms with E-state index in [9.17, 15) is 23.6 Å². The minimum absolute atomic E-state index is 0.0727. The van der Waals surface area contributed by atoms with Gasteiger partial charge in [-0.2, -0.15) is 0 Å². The molecular formula is C25H35BrFN3O4S. The molecule has 1 aromatic heterocycles. The monoisotopic (exact) mass is 571 g/mol. The fourth-order valence-electron chi connectivity index (χ4n) is 4.41. The molecule has 194 valence electrons. The number of carbonyl (C=O) groups excluding carboxylic acids is 4. The Morgan fingerprint density at radius 3 is 2.57 bits per heavy atom. The highest BCUT2D eigenvalue weighted by atomic mass is 79.9. The Bertz CT molecular complexity index is 936. The third-order valence-corrected chi connectivity index (χ3v) is 8.06. The lowest BCUT2D eigenvalue weighted by Gasteiger charge is -2.30. The number of alkyl halides is 1. The van der Waals surface area contributed by atoms with Crippen molar-refractivity contribution in [2.24, 2.45) is 23.5 Å². The average Bonchev–Trinajstić information content (AvgIpc) is 3.47. The number of likely N-dealkylation sites (tertiary alicyclic amines) is 1. The zero-order valence-corrected chi connectivity index (χ0v) is 22.8. The molecule has 1 saturated heterocycles. The topological polar surface area (TPSA) is 110 Å². The summed E-state index contributed by atoms with van der Waals surface area (Å²) in [6.07, 6.45) is 2.02. The zero-order valence-electron chi connectivity index (χ0n) is 20.4. The fraction of sp³-hybridized carbons (Fsp3) is 0.600. The summed E-state index contributed by atoms with van der Waals surface area (Å²) in [5.41, 5.74) is 5.47. The standard InChI is InChI=1S/C25H35BrFN3O4S/c1-15(2)18(13-21(32)23-8-9-24(26)35-23)25(34)30-11-5-7-19(30)20(31)12-17(22(33)14-27)6-4-10-29-16(3)28/h8-9,15,17-19,29H,3-7,10-14,28H2,1-2H3/t17-,18+,19+/m1/s1. The van der Waals surface area contributed by atoms with Gasteiger partial charge in [-0.25, -0.2) is 4.39 Å². The van der Waals surface area contributed by atoms with Crippen molar-refractivity contribution in [3.8, 4) is 0 Å². The molecule has 0 aliphatic carbocycles. The number of hydrogen-bond donors (Lipinski definition) is 2. The van der Waals surface area contributed by atoms with Crippen LogP contribution >= 0.6 is 27.3 Å². The molecule has 35 heavy (non-hydrogen) atoms. The predicted molar refractivity (Wildman–Crippen MR) is 139 cm³/mol. The average molecular weight is 573 g/mol. The van der Waals surface area contributed by atoms with Gasteiger partial charge in [-0.05, 0) is 59.7 Å². The van der Waals surface area contributed by atoms with Crippen LogP contribution in [0.1, 0.15) is 62.0 Å². The number of ketones is 3. The van der Waals surface area contributed by atoms with Crippen molar-refractivity contribution in [1.29, 1.82) is 0 Å². The molecule has 3 N–H and O–H groups in total. The van der Waals surface area contributed by atoms with E-state index in [-0.39, 0.29) is 36.2 Å². The maximum atomic E-state index is 13.5. The van der Waals surface area contributed by atoms with Crippen LogP contribution in [-0.4, -0.2) is 54.0 Å². The maximum Gasteiger partial charge on any atom is 0.227 e. The molecular weight excluding hydrogens is 537 g/mol. The number of carbonyl (C=O) groups is 4. The van der Waals surface area contributed by atoms with Crippen molar-refractivity contribution in [3.05, 3.63) is 33.2 Å². The van der Waals surface area contributed by atoms with E-state index in [1.54, 1.807) is 17.0 Å². The molecule has 0 unspecified atom stereocenters. The number of amides is 1. The summed E-state index contributed by atoms with van der Waals surface area (Å²) in [6, 6.07) is 2.89. The van der Waals surface area contributed by atoms with Gasteiger partial charge in [0.1, 0.15) is 6.67 Å². The van der Waals surface area contributed by atoms with E-state index in [0.29, 0.717) is 49.5 Å². The van der Waals surface area contributed by atoms with E-state index in [1.165, 1.54) is 11.3 Å². The Morgan fingerprint density at radius 1 is 1.29 bits per heavy atom. The second-order valence-corrected chi connectivity index (χ2v) is 11.8. The van der Waals surface area contributed by atoms with Crippen molar-refractivity contribution in [2.45, 2.75) is 58.4 Å². The Morgan fingerprint density at radius 2 is 2.00 bits per heavy atom. The number of nitrogens with one attached hydrogen (secondary N) is 1. The van der Waals surface area contributed by atoms with Gasteiger partial charge in [-0.15, -0.1) is 11.3 Å². The molecule has 3 atom stereocenters. The molecule has 1 aliphatic heterocycles. The van der Waals surface area contributed by atoms with Crippen LogP contribution in [0.2, 0.25) is 0 Å². The minimum atomic E-state index is -1.13. The van der Waals surface area contributed by atoms with Crippen LogP contribution in [0.15, 0.2) is 28.3 Å². The van der Waals surface area contributed by atoms with Crippen molar-refractivity contribution in [3.63, 3.8) is 0 Å². The summed E-state index contributed by atoms with van der Waals surface area (Å²) >= 11 is 4.69. The van der Waals surface area contributed by atoms with E-state index < -0.39 is 30.3 Å². The third kappa shape index (κ3) is 8.52. The van der Waals surface area contributed by atoms with Crippen LogP contribution in [0, 0.1) is 17.8 Å². The van der Waals surface area contributed by atoms with E-state index in [4.69, 9.17) is 5.73 Å². The largest absolute Gasteiger partial charge is 0.386 e. The lowest BCUT2D eigenvalue weighted by atomic mass is 9.87. The van der Waals surface area contributed by atoms with Crippen LogP contribution in [0.3, 0.4) is 0 Å². The zero-order chi connectivity index (χ0) is 26.1. The first kappa shape index (κ1) is 29.2. The predicted octanol–water partition coefficient (Wildman–Crippen LogP) is 4.26. The molecule has 10 heteroatoms. The minimum Gasteiger partial charge on any atom is -0.386 e. The maximum absolute atomic E-state index is 13.5. The summed E-state index contributed by atoms with van der Waals surface area (Å²) in [6.45, 7) is 7.10. The van der Waals surface area contributed by atoms with E-state index in [1.807, 2.05) is 13.8 Å². The number of thiophene rings is 1. The molecule has 1 aliphatic rings. The molecule has 2 rings (SSSR count). The van der Waals surface area contributed by atoms with Crippen molar-refractivity contribution in [1.82, 2.24) is 10.2 Å². The van der Waals surface area contributed by atoms with Crippen molar-refractivity contribution < 1.29 is 23.6 Å². The van der Waals surface area contributed by atoms with Crippen LogP contribution in [0.4, 0.5) is 4.39 Å². The summed E-state index contributed by atoms with van der Waals surface area (Å²) in [4.78, 5) is 53.8. The molecule has 0 spiro atoms. The number of hydrogen-bond acceptors (Lipinski definition) is 7. The van der Waals surface area contributed by atoms with Gasteiger partial charge >= 0.3 is 0 Å². The second-order valence-electron chi connectivity index (χ2n) is 9.33. The molecule has 0 aromatic carbocycles. The van der Waals surface area contributed by atoms with Gasteiger partial charge in [0.25, 0.3) is 0 Å². The third-order valence-electron chi connectivity index (χ3n) is 6.40. The Kier molecular flexibility index (Phi) is 11.6. The van der Waals surface area contributed by atoms with Gasteiger partial charge in [-0.3, -0.25) is 19.2 Å². The number of Topliss-reactive ketones (excluding diaryl/α,β-unsaturated/α-hetero) is 3. The first-order valence-corrected chi connectivity index (χ1v) is 13.5. The van der Waals surface area contributed by atoms with E-state index >= 15 is 0 Å². The highest BCUT2D eigenvalue weighted by Crippen LogP contribution is 2.30. The lowest BCUT2D eigenvalue weighted by Crippen LogP contribution is -2.45. The Labute approximate surface area is 218 Å². The highest BCUT2D eigenvalue weighted by Gasteiger charge is 2.39. The second kappa shape index (κ2) is 13.9. The highest BCUT2D eigenvalue weighted by molar-refractivity contribution is 9.11. The van der Waals surface area contributed by atoms with Gasteiger partial charge in [-0.1, -0.05) is 20.4 Å². The normalized spacial score (nSPS) is 17.3. The first-order chi connectivity index (χ1) is 16.5. The smallest absolute Gasteiger partial charge is 0.227 e. The fourth-order valence-corrected chi connectivity index (χ4v) is 5.75. The molecule has 0 radical (unpaired) electrons. The Balaban J connectivity index is 2.07. The van der Waals surface area contributed by atoms with Gasteiger partial charge in [0.15, 0.2) is 17.3 Å². The summed E-state index contributed by atoms with van der Waals surface area (Å²) in [5, 5.41) is 2.85. The van der Waals surface area contributed by atoms with Gasteiger partial charge in [0.2, 0.25) is 5.91 Å². The quantitative estimate of drug-likeness (QED) is 0.240. The summed E-state index contributed by atoms with van der Waals surface area (Å²) in [5.74, 6) is -2.20. The number of nitrogens with two attached hydrogens (primary N) is 1. The van der Waals surface area contributed by atoms with Gasteiger partial charge in [0.05, 0.1) is 20.5 Å². The molecule has 0 bridgehead atoms. The lowest BCUT2D eigenvalue weighted by molar-refractivity contribution is -0.142. The molecule has 1 amide bonds. The number of halogens is 2. The van der Waals surface area contributed by atoms with Crippen LogP contribution in [0.5, 0.6) is 0 Å². The van der Waals surface area contributed by atoms with Crippen LogP contribution < -0.4 is 11.1 Å².